The molecule has 0 atom stereocenters. The molecule has 0 aliphatic carbocycles. The van der Waals surface area contributed by atoms with E-state index in [9.17, 15) is 4.79 Å². The Morgan fingerprint density at radius 2 is 2.00 bits per heavy atom. The summed E-state index contributed by atoms with van der Waals surface area (Å²) in [5.74, 6) is 0.777. The number of aryl methyl sites for hydroxylation is 3. The van der Waals surface area contributed by atoms with E-state index in [1.807, 2.05) is 26.0 Å². The highest BCUT2D eigenvalue weighted by atomic mass is 35.5. The smallest absolute Gasteiger partial charge is 0.262 e. The highest BCUT2D eigenvalue weighted by molar-refractivity contribution is 7.18. The quantitative estimate of drug-likeness (QED) is 0.649. The number of hydrogen-bond acceptors (Lipinski definition) is 4. The van der Waals surface area contributed by atoms with E-state index < -0.39 is 0 Å². The predicted molar refractivity (Wildman–Crippen MR) is 94.9 cm³/mol. The lowest BCUT2D eigenvalue weighted by atomic mass is 10.2. The summed E-state index contributed by atoms with van der Waals surface area (Å²) in [6.07, 6.45) is 2.36. The van der Waals surface area contributed by atoms with Crippen molar-refractivity contribution in [3.63, 3.8) is 0 Å². The molecule has 120 valence electrons. The summed E-state index contributed by atoms with van der Waals surface area (Å²) in [6, 6.07) is 7.25. The van der Waals surface area contributed by atoms with Crippen LogP contribution >= 0.6 is 22.9 Å². The first-order valence-corrected chi connectivity index (χ1v) is 8.59. The van der Waals surface area contributed by atoms with Crippen LogP contribution in [0.3, 0.4) is 0 Å². The van der Waals surface area contributed by atoms with Crippen LogP contribution in [0.25, 0.3) is 10.2 Å². The maximum Gasteiger partial charge on any atom is 0.262 e. The molecule has 0 amide bonds. The third kappa shape index (κ3) is 3.41. The number of ether oxygens (including phenoxy) is 1. The lowest BCUT2D eigenvalue weighted by molar-refractivity contribution is 0.301. The highest BCUT2D eigenvalue weighted by Gasteiger charge is 2.11. The van der Waals surface area contributed by atoms with Gasteiger partial charge in [-0.15, -0.1) is 11.3 Å². The Bertz CT molecular complexity index is 884. The molecule has 0 saturated carbocycles. The molecule has 0 aliphatic heterocycles. The van der Waals surface area contributed by atoms with Gasteiger partial charge in [-0.05, 0) is 50.1 Å². The van der Waals surface area contributed by atoms with Gasteiger partial charge in [0.25, 0.3) is 5.56 Å². The van der Waals surface area contributed by atoms with Gasteiger partial charge in [0.1, 0.15) is 10.6 Å². The average molecular weight is 349 g/mol. The summed E-state index contributed by atoms with van der Waals surface area (Å²) in [4.78, 5) is 18.9. The summed E-state index contributed by atoms with van der Waals surface area (Å²) < 4.78 is 7.30. The van der Waals surface area contributed by atoms with Crippen molar-refractivity contribution in [2.45, 2.75) is 26.8 Å². The molecule has 3 rings (SSSR count). The zero-order valence-electron chi connectivity index (χ0n) is 13.0. The van der Waals surface area contributed by atoms with Crippen molar-refractivity contribution in [2.24, 2.45) is 0 Å². The number of rotatable bonds is 5. The van der Waals surface area contributed by atoms with Crippen LogP contribution in [0.15, 0.2) is 35.4 Å². The van der Waals surface area contributed by atoms with Crippen LogP contribution in [0.4, 0.5) is 0 Å². The molecule has 3 aromatic rings. The van der Waals surface area contributed by atoms with E-state index >= 15 is 0 Å². The fourth-order valence-corrected chi connectivity index (χ4v) is 3.50. The maximum absolute atomic E-state index is 12.5. The number of nitrogens with zero attached hydrogens (tertiary/aromatic N) is 2. The Kier molecular flexibility index (Phi) is 4.68. The Labute approximate surface area is 143 Å². The predicted octanol–water partition coefficient (Wildman–Crippen LogP) is 4.20. The second kappa shape index (κ2) is 6.72. The van der Waals surface area contributed by atoms with Crippen molar-refractivity contribution in [2.75, 3.05) is 6.61 Å². The standard InChI is InChI=1S/C17H17ClN2O2S/c1-11-12(2)23-16-15(11)17(21)20(10-19-16)8-3-9-22-14-6-4-13(18)5-7-14/h4-7,10H,3,8-9H2,1-2H3. The molecule has 2 aromatic heterocycles. The van der Waals surface area contributed by atoms with Gasteiger partial charge in [0, 0.05) is 16.4 Å². The largest absolute Gasteiger partial charge is 0.494 e. The zero-order valence-corrected chi connectivity index (χ0v) is 14.6. The normalized spacial score (nSPS) is 11.1. The first-order valence-electron chi connectivity index (χ1n) is 7.40. The van der Waals surface area contributed by atoms with E-state index in [0.29, 0.717) is 18.2 Å². The Morgan fingerprint density at radius 1 is 1.26 bits per heavy atom. The monoisotopic (exact) mass is 348 g/mol. The third-order valence-corrected chi connectivity index (χ3v) is 5.15. The molecule has 0 radical (unpaired) electrons. The lowest BCUT2D eigenvalue weighted by Crippen LogP contribution is -2.21. The summed E-state index contributed by atoms with van der Waals surface area (Å²) in [5, 5.41) is 1.43. The Hall–Kier alpha value is -1.85. The lowest BCUT2D eigenvalue weighted by Gasteiger charge is -2.08. The van der Waals surface area contributed by atoms with Gasteiger partial charge >= 0.3 is 0 Å². The second-order valence-electron chi connectivity index (χ2n) is 5.36. The molecule has 0 unspecified atom stereocenters. The van der Waals surface area contributed by atoms with Crippen LogP contribution in [0.2, 0.25) is 5.02 Å². The van der Waals surface area contributed by atoms with Crippen molar-refractivity contribution >= 4 is 33.2 Å². The molecular formula is C17H17ClN2O2S. The van der Waals surface area contributed by atoms with Crippen molar-refractivity contribution < 1.29 is 4.74 Å². The molecule has 0 bridgehead atoms. The van der Waals surface area contributed by atoms with Gasteiger partial charge in [-0.2, -0.15) is 0 Å². The van der Waals surface area contributed by atoms with E-state index in [2.05, 4.69) is 4.98 Å². The van der Waals surface area contributed by atoms with Gasteiger partial charge in [0.15, 0.2) is 0 Å². The highest BCUT2D eigenvalue weighted by Crippen LogP contribution is 2.25. The molecular weight excluding hydrogens is 332 g/mol. The van der Waals surface area contributed by atoms with Gasteiger partial charge in [0.05, 0.1) is 18.3 Å². The molecule has 0 fully saturated rings. The van der Waals surface area contributed by atoms with E-state index in [0.717, 1.165) is 32.8 Å². The minimum Gasteiger partial charge on any atom is -0.494 e. The third-order valence-electron chi connectivity index (χ3n) is 3.78. The molecule has 2 heterocycles. The van der Waals surface area contributed by atoms with Crippen molar-refractivity contribution in [1.82, 2.24) is 9.55 Å². The van der Waals surface area contributed by atoms with Crippen LogP contribution in [0.5, 0.6) is 5.75 Å². The Morgan fingerprint density at radius 3 is 2.74 bits per heavy atom. The molecule has 6 heteroatoms. The molecule has 4 nitrogen and oxygen atoms in total. The van der Waals surface area contributed by atoms with Crippen LogP contribution in [0.1, 0.15) is 16.9 Å². The van der Waals surface area contributed by atoms with Gasteiger partial charge in [-0.1, -0.05) is 11.6 Å². The van der Waals surface area contributed by atoms with Gasteiger partial charge in [-0.25, -0.2) is 4.98 Å². The van der Waals surface area contributed by atoms with Crippen molar-refractivity contribution in [1.29, 1.82) is 0 Å². The van der Waals surface area contributed by atoms with E-state index in [1.165, 1.54) is 0 Å². The van der Waals surface area contributed by atoms with E-state index in [4.69, 9.17) is 16.3 Å². The summed E-state index contributed by atoms with van der Waals surface area (Å²) in [6.45, 7) is 5.12. The average Bonchev–Trinajstić information content (AvgIpc) is 2.83. The van der Waals surface area contributed by atoms with E-state index in [1.54, 1.807) is 34.4 Å². The maximum atomic E-state index is 12.5. The zero-order chi connectivity index (χ0) is 16.4. The topological polar surface area (TPSA) is 44.1 Å². The van der Waals surface area contributed by atoms with Crippen LogP contribution in [0, 0.1) is 13.8 Å². The Balaban J connectivity index is 1.65. The summed E-state index contributed by atoms with van der Waals surface area (Å²) >= 11 is 7.40. The van der Waals surface area contributed by atoms with Gasteiger partial charge < -0.3 is 4.74 Å². The number of fused-ring (bicyclic) bond motifs is 1. The fourth-order valence-electron chi connectivity index (χ4n) is 2.38. The molecule has 1 aromatic carbocycles. The second-order valence-corrected chi connectivity index (χ2v) is 7.00. The molecule has 0 saturated heterocycles. The van der Waals surface area contributed by atoms with Crippen molar-refractivity contribution in [3.8, 4) is 5.75 Å². The van der Waals surface area contributed by atoms with E-state index in [-0.39, 0.29) is 5.56 Å². The molecule has 0 N–H and O–H groups in total. The minimum absolute atomic E-state index is 0.0309. The summed E-state index contributed by atoms with van der Waals surface area (Å²) in [7, 11) is 0. The number of halogens is 1. The van der Waals surface area contributed by atoms with Crippen LogP contribution < -0.4 is 10.3 Å². The van der Waals surface area contributed by atoms with Gasteiger partial charge in [-0.3, -0.25) is 9.36 Å². The van der Waals surface area contributed by atoms with Crippen LogP contribution in [-0.2, 0) is 6.54 Å². The minimum atomic E-state index is 0.0309. The van der Waals surface area contributed by atoms with Crippen molar-refractivity contribution in [3.05, 3.63) is 56.4 Å². The SMILES string of the molecule is Cc1sc2ncn(CCCOc3ccc(Cl)cc3)c(=O)c2c1C. The first kappa shape index (κ1) is 16.0. The summed E-state index contributed by atoms with van der Waals surface area (Å²) in [5.41, 5.74) is 1.07. The number of thiophene rings is 1. The van der Waals surface area contributed by atoms with Crippen LogP contribution in [-0.4, -0.2) is 16.2 Å². The number of hydrogen-bond donors (Lipinski definition) is 0. The number of aromatic nitrogens is 2. The number of benzene rings is 1. The van der Waals surface area contributed by atoms with Gasteiger partial charge in [0.2, 0.25) is 0 Å². The fraction of sp³-hybridized carbons (Fsp3) is 0.294. The molecule has 0 spiro atoms. The first-order chi connectivity index (χ1) is 11.1. The molecule has 0 aliphatic rings. The molecule has 23 heavy (non-hydrogen) atoms.